The molecular formula is C19H16Cl2N2O. The molecule has 1 fully saturated rings. The van der Waals surface area contributed by atoms with Gasteiger partial charge in [-0.2, -0.15) is 5.26 Å². The number of amides is 1. The first-order chi connectivity index (χ1) is 11.6. The first-order valence-electron chi connectivity index (χ1n) is 7.83. The molecule has 122 valence electrons. The van der Waals surface area contributed by atoms with Crippen LogP contribution in [0.4, 0.5) is 0 Å². The lowest BCUT2D eigenvalue weighted by Gasteiger charge is -2.29. The number of carbonyl (C=O) groups is 1. The summed E-state index contributed by atoms with van der Waals surface area (Å²) in [5, 5.41) is 10.2. The summed E-state index contributed by atoms with van der Waals surface area (Å²) in [6.45, 7) is 1.22. The van der Waals surface area contributed by atoms with Crippen LogP contribution in [-0.4, -0.2) is 23.9 Å². The van der Waals surface area contributed by atoms with Crippen LogP contribution in [0, 0.1) is 17.2 Å². The number of likely N-dealkylation sites (tertiary alicyclic amines) is 1. The Bertz CT molecular complexity index is 796. The molecule has 1 aliphatic heterocycles. The van der Waals surface area contributed by atoms with Gasteiger partial charge in [0.05, 0.1) is 12.0 Å². The van der Waals surface area contributed by atoms with Crippen LogP contribution in [0.3, 0.4) is 0 Å². The van der Waals surface area contributed by atoms with Crippen molar-refractivity contribution in [1.29, 1.82) is 5.26 Å². The van der Waals surface area contributed by atoms with Crippen molar-refractivity contribution < 1.29 is 4.79 Å². The van der Waals surface area contributed by atoms with Crippen molar-refractivity contribution in [2.45, 2.75) is 12.8 Å². The van der Waals surface area contributed by atoms with E-state index in [4.69, 9.17) is 28.5 Å². The van der Waals surface area contributed by atoms with Gasteiger partial charge in [0.25, 0.3) is 5.91 Å². The predicted octanol–water partition coefficient (Wildman–Crippen LogP) is 5.04. The van der Waals surface area contributed by atoms with E-state index in [1.807, 2.05) is 18.2 Å². The van der Waals surface area contributed by atoms with Crippen LogP contribution in [0.2, 0.25) is 10.0 Å². The predicted molar refractivity (Wildman–Crippen MR) is 96.1 cm³/mol. The number of halogens is 2. The van der Waals surface area contributed by atoms with Gasteiger partial charge >= 0.3 is 0 Å². The Morgan fingerprint density at radius 1 is 1.17 bits per heavy atom. The van der Waals surface area contributed by atoms with Gasteiger partial charge < -0.3 is 4.90 Å². The minimum atomic E-state index is -0.0603. The SMILES string of the molecule is N#CC1CCCN(C(=O)c2ccc(-c3ccc(Cl)cc3Cl)cc2)C1. The van der Waals surface area contributed by atoms with Crippen LogP contribution in [0.1, 0.15) is 23.2 Å². The van der Waals surface area contributed by atoms with E-state index in [1.165, 1.54) is 0 Å². The van der Waals surface area contributed by atoms with Crippen LogP contribution in [0.25, 0.3) is 11.1 Å². The van der Waals surface area contributed by atoms with Crippen molar-refractivity contribution in [3.8, 4) is 17.2 Å². The smallest absolute Gasteiger partial charge is 0.253 e. The third-order valence-corrected chi connectivity index (χ3v) is 4.81. The van der Waals surface area contributed by atoms with Gasteiger partial charge in [0, 0.05) is 34.3 Å². The van der Waals surface area contributed by atoms with Gasteiger partial charge in [0.15, 0.2) is 0 Å². The standard InChI is InChI=1S/C19H16Cl2N2O/c20-16-7-8-17(18(21)10-16)14-3-5-15(6-4-14)19(24)23-9-1-2-13(11-22)12-23/h3-8,10,13H,1-2,9,12H2. The van der Waals surface area contributed by atoms with Crippen molar-refractivity contribution in [3.05, 3.63) is 58.1 Å². The Morgan fingerprint density at radius 3 is 2.58 bits per heavy atom. The average molecular weight is 359 g/mol. The zero-order valence-electron chi connectivity index (χ0n) is 13.0. The van der Waals surface area contributed by atoms with E-state index in [2.05, 4.69) is 6.07 Å². The monoisotopic (exact) mass is 358 g/mol. The fourth-order valence-electron chi connectivity index (χ4n) is 2.97. The summed E-state index contributed by atoms with van der Waals surface area (Å²) in [6.07, 6.45) is 1.75. The number of nitriles is 1. The number of hydrogen-bond donors (Lipinski definition) is 0. The summed E-state index contributed by atoms with van der Waals surface area (Å²) < 4.78 is 0. The zero-order chi connectivity index (χ0) is 17.1. The van der Waals surface area contributed by atoms with Crippen LogP contribution in [0.15, 0.2) is 42.5 Å². The van der Waals surface area contributed by atoms with E-state index >= 15 is 0 Å². The van der Waals surface area contributed by atoms with E-state index in [-0.39, 0.29) is 11.8 Å². The minimum absolute atomic E-state index is 0.0243. The highest BCUT2D eigenvalue weighted by Crippen LogP contribution is 2.30. The Balaban J connectivity index is 1.79. The molecule has 1 heterocycles. The molecule has 1 atom stereocenters. The summed E-state index contributed by atoms with van der Waals surface area (Å²) >= 11 is 12.2. The highest BCUT2D eigenvalue weighted by Gasteiger charge is 2.24. The van der Waals surface area contributed by atoms with Gasteiger partial charge in [-0.3, -0.25) is 4.79 Å². The number of hydrogen-bond acceptors (Lipinski definition) is 2. The number of rotatable bonds is 2. The maximum absolute atomic E-state index is 12.6. The van der Waals surface area contributed by atoms with Crippen molar-refractivity contribution in [2.75, 3.05) is 13.1 Å². The largest absolute Gasteiger partial charge is 0.337 e. The minimum Gasteiger partial charge on any atom is -0.337 e. The van der Waals surface area contributed by atoms with E-state index in [0.717, 1.165) is 24.0 Å². The molecule has 1 amide bonds. The first kappa shape index (κ1) is 16.8. The molecule has 0 N–H and O–H groups in total. The van der Waals surface area contributed by atoms with Gasteiger partial charge in [-0.25, -0.2) is 0 Å². The number of carbonyl (C=O) groups excluding carboxylic acids is 1. The molecule has 0 radical (unpaired) electrons. The Labute approximate surface area is 151 Å². The summed E-state index contributed by atoms with van der Waals surface area (Å²) in [5.74, 6) is -0.0847. The molecule has 3 nitrogen and oxygen atoms in total. The second-order valence-electron chi connectivity index (χ2n) is 5.92. The third-order valence-electron chi connectivity index (χ3n) is 4.27. The molecule has 5 heteroatoms. The Kier molecular flexibility index (Phi) is 5.08. The molecule has 2 aromatic carbocycles. The molecule has 1 aliphatic rings. The number of benzene rings is 2. The molecular weight excluding hydrogens is 343 g/mol. The molecule has 0 aromatic heterocycles. The fraction of sp³-hybridized carbons (Fsp3) is 0.263. The van der Waals surface area contributed by atoms with Gasteiger partial charge in [-0.15, -0.1) is 0 Å². The average Bonchev–Trinajstić information content (AvgIpc) is 2.61. The molecule has 2 aromatic rings. The van der Waals surface area contributed by atoms with Crippen molar-refractivity contribution in [2.24, 2.45) is 5.92 Å². The second kappa shape index (κ2) is 7.25. The molecule has 0 saturated carbocycles. The van der Waals surface area contributed by atoms with E-state index in [9.17, 15) is 4.79 Å². The summed E-state index contributed by atoms with van der Waals surface area (Å²) in [4.78, 5) is 14.4. The molecule has 24 heavy (non-hydrogen) atoms. The third kappa shape index (κ3) is 3.56. The van der Waals surface area contributed by atoms with E-state index < -0.39 is 0 Å². The summed E-state index contributed by atoms with van der Waals surface area (Å²) in [5.41, 5.74) is 2.44. The lowest BCUT2D eigenvalue weighted by molar-refractivity contribution is 0.0699. The van der Waals surface area contributed by atoms with E-state index in [0.29, 0.717) is 28.7 Å². The zero-order valence-corrected chi connectivity index (χ0v) is 14.5. The van der Waals surface area contributed by atoms with Crippen LogP contribution < -0.4 is 0 Å². The highest BCUT2D eigenvalue weighted by atomic mass is 35.5. The van der Waals surface area contributed by atoms with Gasteiger partial charge in [-0.05, 0) is 42.7 Å². The lowest BCUT2D eigenvalue weighted by atomic mass is 9.98. The summed E-state index contributed by atoms with van der Waals surface area (Å²) in [7, 11) is 0. The van der Waals surface area contributed by atoms with Gasteiger partial charge in [0.2, 0.25) is 0 Å². The first-order valence-corrected chi connectivity index (χ1v) is 8.58. The molecule has 0 bridgehead atoms. The lowest BCUT2D eigenvalue weighted by Crippen LogP contribution is -2.39. The maximum atomic E-state index is 12.6. The maximum Gasteiger partial charge on any atom is 0.253 e. The van der Waals surface area contributed by atoms with Gasteiger partial charge in [-0.1, -0.05) is 41.4 Å². The Morgan fingerprint density at radius 2 is 1.92 bits per heavy atom. The van der Waals surface area contributed by atoms with Crippen LogP contribution in [-0.2, 0) is 0 Å². The molecule has 0 aliphatic carbocycles. The van der Waals surface area contributed by atoms with Crippen molar-refractivity contribution in [3.63, 3.8) is 0 Å². The molecule has 3 rings (SSSR count). The number of nitrogens with zero attached hydrogens (tertiary/aromatic N) is 2. The van der Waals surface area contributed by atoms with Crippen molar-refractivity contribution >= 4 is 29.1 Å². The Hall–Kier alpha value is -2.02. The van der Waals surface area contributed by atoms with Gasteiger partial charge in [0.1, 0.15) is 0 Å². The van der Waals surface area contributed by atoms with Crippen LogP contribution >= 0.6 is 23.2 Å². The molecule has 1 saturated heterocycles. The topological polar surface area (TPSA) is 44.1 Å². The van der Waals surface area contributed by atoms with Crippen molar-refractivity contribution in [1.82, 2.24) is 4.90 Å². The van der Waals surface area contributed by atoms with E-state index in [1.54, 1.807) is 29.2 Å². The number of piperidine rings is 1. The fourth-order valence-corrected chi connectivity index (χ4v) is 3.48. The quantitative estimate of drug-likeness (QED) is 0.754. The highest BCUT2D eigenvalue weighted by molar-refractivity contribution is 6.36. The second-order valence-corrected chi connectivity index (χ2v) is 6.76. The normalized spacial score (nSPS) is 17.4. The molecule has 1 unspecified atom stereocenters. The molecule has 0 spiro atoms. The summed E-state index contributed by atoms with van der Waals surface area (Å²) in [6, 6.07) is 15.0. The van der Waals surface area contributed by atoms with Crippen LogP contribution in [0.5, 0.6) is 0 Å².